The van der Waals surface area contributed by atoms with Gasteiger partial charge in [0.25, 0.3) is 5.91 Å². The second kappa shape index (κ2) is 9.44. The minimum atomic E-state index is -0.295. The molecule has 4 aromatic rings. The molecule has 5 rings (SSSR count). The molecule has 1 aliphatic rings. The molecule has 0 saturated carbocycles. The van der Waals surface area contributed by atoms with Crippen LogP contribution in [0.25, 0.3) is 10.9 Å². The van der Waals surface area contributed by atoms with Crippen LogP contribution in [0.2, 0.25) is 0 Å². The summed E-state index contributed by atoms with van der Waals surface area (Å²) in [6.45, 7) is 1.89. The van der Waals surface area contributed by atoms with E-state index >= 15 is 0 Å². The fourth-order valence-corrected chi connectivity index (χ4v) is 4.35. The first-order valence-corrected chi connectivity index (χ1v) is 11.5. The Morgan fingerprint density at radius 1 is 1.03 bits per heavy atom. The van der Waals surface area contributed by atoms with Gasteiger partial charge in [0.15, 0.2) is 10.9 Å². The zero-order valence-electron chi connectivity index (χ0n) is 18.6. The zero-order chi connectivity index (χ0) is 23.5. The van der Waals surface area contributed by atoms with Gasteiger partial charge in [-0.2, -0.15) is 5.10 Å². The first-order chi connectivity index (χ1) is 16.6. The first-order valence-electron chi connectivity index (χ1n) is 11.1. The monoisotopic (exact) mass is 469 g/mol. The van der Waals surface area contributed by atoms with Gasteiger partial charge in [0.05, 0.1) is 16.9 Å². The van der Waals surface area contributed by atoms with Gasteiger partial charge in [-0.25, -0.2) is 0 Å². The number of hydrazone groups is 1. The third-order valence-electron chi connectivity index (χ3n) is 5.75. The summed E-state index contributed by atoms with van der Waals surface area (Å²) in [6.07, 6.45) is 4.14. The molecule has 1 amide bonds. The van der Waals surface area contributed by atoms with Crippen LogP contribution in [0.4, 0.5) is 11.4 Å². The van der Waals surface area contributed by atoms with Crippen LogP contribution >= 0.6 is 12.2 Å². The summed E-state index contributed by atoms with van der Waals surface area (Å²) in [6, 6.07) is 19.1. The second-order valence-corrected chi connectivity index (χ2v) is 8.44. The first kappa shape index (κ1) is 21.8. The van der Waals surface area contributed by atoms with Crippen molar-refractivity contribution >= 4 is 51.2 Å². The van der Waals surface area contributed by atoms with E-state index in [-0.39, 0.29) is 5.91 Å². The topological polar surface area (TPSA) is 91.6 Å². The van der Waals surface area contributed by atoms with Gasteiger partial charge < -0.3 is 15.1 Å². The summed E-state index contributed by atoms with van der Waals surface area (Å²) in [7, 11) is 0. The second-order valence-electron chi connectivity index (χ2n) is 8.03. The number of amides is 1. The lowest BCUT2D eigenvalue weighted by Crippen LogP contribution is -2.26. The average molecular weight is 470 g/mol. The minimum absolute atomic E-state index is 0.295. The summed E-state index contributed by atoms with van der Waals surface area (Å²) in [5.74, 6) is 0.776. The quantitative estimate of drug-likeness (QED) is 0.273. The maximum Gasteiger partial charge on any atom is 0.291 e. The molecule has 0 aliphatic heterocycles. The van der Waals surface area contributed by atoms with Gasteiger partial charge in [-0.3, -0.25) is 15.2 Å². The molecule has 34 heavy (non-hydrogen) atoms. The molecule has 2 heterocycles. The Bertz CT molecular complexity index is 1410. The SMILES string of the molecule is Cc1c(C(=O)Nc2cccc3ncccc23)oc2c1/C(=N/NC(=S)Nc1ccccc1)CCC2. The molecule has 170 valence electrons. The summed E-state index contributed by atoms with van der Waals surface area (Å²) < 4.78 is 6.03. The number of furan rings is 1. The van der Waals surface area contributed by atoms with Crippen molar-refractivity contribution < 1.29 is 9.21 Å². The molecule has 2 aromatic heterocycles. The molecule has 0 atom stereocenters. The molecule has 8 heteroatoms. The Morgan fingerprint density at radius 3 is 2.74 bits per heavy atom. The van der Waals surface area contributed by atoms with Crippen molar-refractivity contribution in [1.29, 1.82) is 0 Å². The van der Waals surface area contributed by atoms with E-state index in [0.29, 0.717) is 16.6 Å². The number of carbonyl (C=O) groups excluding carboxylic acids is 1. The van der Waals surface area contributed by atoms with Gasteiger partial charge in [-0.15, -0.1) is 0 Å². The summed E-state index contributed by atoms with van der Waals surface area (Å²) in [4.78, 5) is 17.5. The van der Waals surface area contributed by atoms with Crippen LogP contribution in [0.3, 0.4) is 0 Å². The highest BCUT2D eigenvalue weighted by Gasteiger charge is 2.28. The van der Waals surface area contributed by atoms with Crippen molar-refractivity contribution in [2.75, 3.05) is 10.6 Å². The predicted octanol–water partition coefficient (Wildman–Crippen LogP) is 5.42. The number of rotatable bonds is 4. The van der Waals surface area contributed by atoms with Crippen molar-refractivity contribution in [1.82, 2.24) is 10.4 Å². The predicted molar refractivity (Wildman–Crippen MR) is 138 cm³/mol. The summed E-state index contributed by atoms with van der Waals surface area (Å²) in [5, 5.41) is 11.9. The van der Waals surface area contributed by atoms with Crippen molar-refractivity contribution in [3.8, 4) is 0 Å². The van der Waals surface area contributed by atoms with Gasteiger partial charge in [-0.05, 0) is 68.4 Å². The van der Waals surface area contributed by atoms with Crippen LogP contribution in [0, 0.1) is 6.92 Å². The van der Waals surface area contributed by atoms with Gasteiger partial charge in [0.1, 0.15) is 5.76 Å². The number of benzene rings is 2. The molecule has 3 N–H and O–H groups in total. The molecule has 0 spiro atoms. The molecular weight excluding hydrogens is 446 g/mol. The van der Waals surface area contributed by atoms with Crippen LogP contribution < -0.4 is 16.1 Å². The van der Waals surface area contributed by atoms with Crippen LogP contribution in [-0.2, 0) is 6.42 Å². The molecular formula is C26H23N5O2S. The van der Waals surface area contributed by atoms with E-state index in [1.807, 2.05) is 67.6 Å². The summed E-state index contributed by atoms with van der Waals surface area (Å²) >= 11 is 5.37. The van der Waals surface area contributed by atoms with Crippen molar-refractivity contribution in [3.63, 3.8) is 0 Å². The highest BCUT2D eigenvalue weighted by Crippen LogP contribution is 2.31. The molecule has 0 saturated heterocycles. The van der Waals surface area contributed by atoms with Crippen LogP contribution in [0.1, 0.15) is 40.3 Å². The van der Waals surface area contributed by atoms with E-state index in [9.17, 15) is 4.79 Å². The van der Waals surface area contributed by atoms with Crippen LogP contribution in [0.15, 0.2) is 76.4 Å². The molecule has 1 aliphatic carbocycles. The van der Waals surface area contributed by atoms with E-state index < -0.39 is 0 Å². The maximum atomic E-state index is 13.2. The van der Waals surface area contributed by atoms with E-state index in [1.54, 1.807) is 6.20 Å². The van der Waals surface area contributed by atoms with Gasteiger partial charge in [0, 0.05) is 34.8 Å². The van der Waals surface area contributed by atoms with Gasteiger partial charge >= 0.3 is 0 Å². The Kier molecular flexibility index (Phi) is 6.05. The van der Waals surface area contributed by atoms with E-state index in [0.717, 1.165) is 58.5 Å². The number of pyridine rings is 1. The van der Waals surface area contributed by atoms with Gasteiger partial charge in [0.2, 0.25) is 0 Å². The molecule has 0 radical (unpaired) electrons. The Hall–Kier alpha value is -4.04. The van der Waals surface area contributed by atoms with Crippen molar-refractivity contribution in [2.45, 2.75) is 26.2 Å². The number of hydrogen-bond donors (Lipinski definition) is 3. The number of fused-ring (bicyclic) bond motifs is 2. The van der Waals surface area contributed by atoms with Crippen molar-refractivity contribution in [3.05, 3.63) is 89.5 Å². The molecule has 7 nitrogen and oxygen atoms in total. The van der Waals surface area contributed by atoms with E-state index in [1.165, 1.54) is 0 Å². The average Bonchev–Trinajstić information content (AvgIpc) is 3.21. The molecule has 2 aromatic carbocycles. The molecule has 0 bridgehead atoms. The molecule has 0 unspecified atom stereocenters. The third-order valence-corrected chi connectivity index (χ3v) is 5.94. The lowest BCUT2D eigenvalue weighted by atomic mass is 9.93. The fraction of sp³-hybridized carbons (Fsp3) is 0.154. The van der Waals surface area contributed by atoms with E-state index in [2.05, 4.69) is 26.1 Å². The number of thiocarbonyl (C=S) groups is 1. The standard InChI is InChI=1S/C26H23N5O2S/c1-16-23-21(30-31-26(34)28-17-8-3-2-4-9-17)13-6-14-22(23)33-24(16)25(32)29-20-12-5-11-19-18(20)10-7-15-27-19/h2-5,7-12,15H,6,13-14H2,1H3,(H,29,32)(H2,28,31,34)/b30-21+. The van der Waals surface area contributed by atoms with Crippen molar-refractivity contribution in [2.24, 2.45) is 5.10 Å². The Balaban J connectivity index is 1.37. The largest absolute Gasteiger partial charge is 0.455 e. The number of carbonyl (C=O) groups is 1. The normalized spacial score (nSPS) is 14.0. The smallest absolute Gasteiger partial charge is 0.291 e. The van der Waals surface area contributed by atoms with Gasteiger partial charge in [-0.1, -0.05) is 24.3 Å². The Morgan fingerprint density at radius 2 is 1.88 bits per heavy atom. The zero-order valence-corrected chi connectivity index (χ0v) is 19.4. The highest BCUT2D eigenvalue weighted by atomic mass is 32.1. The Labute approximate surface area is 202 Å². The third kappa shape index (κ3) is 4.40. The number of aryl methyl sites for hydroxylation is 1. The fourth-order valence-electron chi connectivity index (χ4n) is 4.19. The lowest BCUT2D eigenvalue weighted by Gasteiger charge is -2.14. The number of nitrogens with one attached hydrogen (secondary N) is 3. The maximum absolute atomic E-state index is 13.2. The minimum Gasteiger partial charge on any atom is -0.455 e. The van der Waals surface area contributed by atoms with E-state index in [4.69, 9.17) is 16.6 Å². The number of aromatic nitrogens is 1. The number of hydrogen-bond acceptors (Lipinski definition) is 5. The molecule has 0 fully saturated rings. The number of anilines is 2. The summed E-state index contributed by atoms with van der Waals surface area (Å²) in [5.41, 5.74) is 7.79. The number of para-hydroxylation sites is 1. The highest BCUT2D eigenvalue weighted by molar-refractivity contribution is 7.80. The lowest BCUT2D eigenvalue weighted by molar-refractivity contribution is 0.0994. The van der Waals surface area contributed by atoms with Crippen LogP contribution in [0.5, 0.6) is 0 Å². The number of nitrogens with zero attached hydrogens (tertiary/aromatic N) is 2. The van der Waals surface area contributed by atoms with Crippen LogP contribution in [-0.4, -0.2) is 21.7 Å².